The van der Waals surface area contributed by atoms with E-state index >= 15 is 0 Å². The standard InChI is InChI=1S/C14H31N5/c1-5-18(3)12-8-6-7-10-16-14-17-11-9-13(15-2)19(14)4/h11,13-16H,5-10,12H2,1-4H3. The van der Waals surface area contributed by atoms with Crippen LogP contribution < -0.4 is 10.6 Å². The molecule has 112 valence electrons. The fraction of sp³-hybridized carbons (Fsp3) is 0.929. The zero-order valence-corrected chi connectivity index (χ0v) is 13.0. The van der Waals surface area contributed by atoms with E-state index < -0.39 is 0 Å². The van der Waals surface area contributed by atoms with Gasteiger partial charge in [-0.2, -0.15) is 0 Å². The van der Waals surface area contributed by atoms with Crippen molar-refractivity contribution in [3.63, 3.8) is 0 Å². The second-order valence-corrected chi connectivity index (χ2v) is 5.32. The Morgan fingerprint density at radius 3 is 2.84 bits per heavy atom. The normalized spacial score (nSPS) is 24.3. The quantitative estimate of drug-likeness (QED) is 0.611. The molecule has 1 heterocycles. The number of nitrogens with zero attached hydrogens (tertiary/aromatic N) is 3. The third-order valence-corrected chi connectivity index (χ3v) is 3.87. The van der Waals surface area contributed by atoms with Gasteiger partial charge in [0.15, 0.2) is 6.29 Å². The highest BCUT2D eigenvalue weighted by Gasteiger charge is 2.22. The van der Waals surface area contributed by atoms with Crippen LogP contribution in [-0.2, 0) is 0 Å². The van der Waals surface area contributed by atoms with Gasteiger partial charge < -0.3 is 10.2 Å². The Morgan fingerprint density at radius 1 is 1.37 bits per heavy atom. The van der Waals surface area contributed by atoms with E-state index in [1.165, 1.54) is 25.8 Å². The Balaban J connectivity index is 2.09. The fourth-order valence-corrected chi connectivity index (χ4v) is 2.29. The first kappa shape index (κ1) is 16.6. The highest BCUT2D eigenvalue weighted by Crippen LogP contribution is 2.08. The van der Waals surface area contributed by atoms with Gasteiger partial charge >= 0.3 is 0 Å². The van der Waals surface area contributed by atoms with Crippen molar-refractivity contribution in [3.8, 4) is 0 Å². The van der Waals surface area contributed by atoms with Crippen LogP contribution in [0, 0.1) is 0 Å². The maximum atomic E-state index is 4.51. The Morgan fingerprint density at radius 2 is 2.16 bits per heavy atom. The number of aliphatic imine (C=N–C) groups is 1. The Labute approximate surface area is 118 Å². The van der Waals surface area contributed by atoms with Gasteiger partial charge in [0, 0.05) is 12.6 Å². The fourth-order valence-electron chi connectivity index (χ4n) is 2.29. The van der Waals surface area contributed by atoms with Gasteiger partial charge in [0.25, 0.3) is 0 Å². The molecule has 1 aliphatic rings. The molecule has 0 saturated heterocycles. The zero-order valence-electron chi connectivity index (χ0n) is 13.0. The average Bonchev–Trinajstić information content (AvgIpc) is 2.43. The van der Waals surface area contributed by atoms with Gasteiger partial charge in [-0.15, -0.1) is 0 Å². The molecule has 0 bridgehead atoms. The molecule has 0 spiro atoms. The molecule has 0 aromatic heterocycles. The van der Waals surface area contributed by atoms with Crippen LogP contribution in [-0.4, -0.2) is 69.2 Å². The second kappa shape index (κ2) is 9.42. The van der Waals surface area contributed by atoms with Crippen molar-refractivity contribution in [2.24, 2.45) is 4.99 Å². The van der Waals surface area contributed by atoms with E-state index in [1.807, 2.05) is 13.3 Å². The van der Waals surface area contributed by atoms with Crippen molar-refractivity contribution < 1.29 is 0 Å². The van der Waals surface area contributed by atoms with Crippen molar-refractivity contribution in [2.45, 2.75) is 45.1 Å². The molecule has 0 fully saturated rings. The number of hydrogen-bond acceptors (Lipinski definition) is 5. The number of rotatable bonds is 9. The lowest BCUT2D eigenvalue weighted by atomic mass is 10.2. The van der Waals surface area contributed by atoms with Crippen LogP contribution >= 0.6 is 0 Å². The summed E-state index contributed by atoms with van der Waals surface area (Å²) in [7, 11) is 6.30. The maximum absolute atomic E-state index is 4.51. The summed E-state index contributed by atoms with van der Waals surface area (Å²) in [6, 6.07) is 0. The van der Waals surface area contributed by atoms with Crippen LogP contribution in [0.15, 0.2) is 4.99 Å². The maximum Gasteiger partial charge on any atom is 0.156 e. The molecule has 19 heavy (non-hydrogen) atoms. The first-order chi connectivity index (χ1) is 9.19. The molecular weight excluding hydrogens is 238 g/mol. The van der Waals surface area contributed by atoms with E-state index in [0.29, 0.717) is 6.17 Å². The van der Waals surface area contributed by atoms with Crippen LogP contribution in [0.3, 0.4) is 0 Å². The number of hydrogen-bond donors (Lipinski definition) is 2. The minimum Gasteiger partial charge on any atom is -0.307 e. The van der Waals surface area contributed by atoms with E-state index in [0.717, 1.165) is 19.5 Å². The molecule has 0 radical (unpaired) electrons. The predicted octanol–water partition coefficient (Wildman–Crippen LogP) is 0.933. The molecule has 5 nitrogen and oxygen atoms in total. The van der Waals surface area contributed by atoms with Gasteiger partial charge in [-0.25, -0.2) is 0 Å². The van der Waals surface area contributed by atoms with Crippen LogP contribution in [0.25, 0.3) is 0 Å². The summed E-state index contributed by atoms with van der Waals surface area (Å²) in [6.07, 6.45) is 7.32. The number of unbranched alkanes of at least 4 members (excludes halogenated alkanes) is 2. The molecule has 1 rings (SSSR count). The van der Waals surface area contributed by atoms with Crippen LogP contribution in [0.1, 0.15) is 32.6 Å². The Hall–Kier alpha value is -0.490. The van der Waals surface area contributed by atoms with E-state index in [2.05, 4.69) is 46.4 Å². The molecule has 2 N–H and O–H groups in total. The first-order valence-corrected chi connectivity index (χ1v) is 7.51. The van der Waals surface area contributed by atoms with Gasteiger partial charge in [-0.3, -0.25) is 15.2 Å². The zero-order chi connectivity index (χ0) is 14.1. The number of nitrogens with one attached hydrogen (secondary N) is 2. The van der Waals surface area contributed by atoms with E-state index in [9.17, 15) is 0 Å². The second-order valence-electron chi connectivity index (χ2n) is 5.32. The minimum absolute atomic E-state index is 0.129. The largest absolute Gasteiger partial charge is 0.307 e. The van der Waals surface area contributed by atoms with Crippen molar-refractivity contribution in [1.29, 1.82) is 0 Å². The molecule has 2 atom stereocenters. The van der Waals surface area contributed by atoms with Gasteiger partial charge in [0.1, 0.15) is 0 Å². The van der Waals surface area contributed by atoms with E-state index in [1.54, 1.807) is 0 Å². The molecule has 5 heteroatoms. The third kappa shape index (κ3) is 5.99. The SMILES string of the molecule is CCN(C)CCCCCNC1N=CCC(NC)N1C. The molecular formula is C14H31N5. The Kier molecular flexibility index (Phi) is 8.21. The summed E-state index contributed by atoms with van der Waals surface area (Å²) < 4.78 is 0. The molecule has 0 aromatic carbocycles. The lowest BCUT2D eigenvalue weighted by Crippen LogP contribution is -2.54. The molecule has 2 unspecified atom stereocenters. The lowest BCUT2D eigenvalue weighted by Gasteiger charge is -2.35. The summed E-state index contributed by atoms with van der Waals surface area (Å²) in [4.78, 5) is 9.13. The Bertz CT molecular complexity index is 256. The molecule has 0 amide bonds. The minimum atomic E-state index is 0.129. The lowest BCUT2D eigenvalue weighted by molar-refractivity contribution is 0.125. The predicted molar refractivity (Wildman–Crippen MR) is 82.5 cm³/mol. The van der Waals surface area contributed by atoms with Crippen LogP contribution in [0.5, 0.6) is 0 Å². The summed E-state index contributed by atoms with van der Waals surface area (Å²) in [5.74, 6) is 0. The summed E-state index contributed by atoms with van der Waals surface area (Å²) in [6.45, 7) is 5.60. The molecule has 0 aromatic rings. The van der Waals surface area contributed by atoms with Gasteiger partial charge in [-0.1, -0.05) is 13.3 Å². The van der Waals surface area contributed by atoms with Crippen molar-refractivity contribution in [3.05, 3.63) is 0 Å². The summed E-state index contributed by atoms with van der Waals surface area (Å²) in [5.41, 5.74) is 0. The molecule has 0 aliphatic carbocycles. The van der Waals surface area contributed by atoms with Crippen LogP contribution in [0.4, 0.5) is 0 Å². The van der Waals surface area contributed by atoms with E-state index in [-0.39, 0.29) is 6.29 Å². The monoisotopic (exact) mass is 269 g/mol. The van der Waals surface area contributed by atoms with Gasteiger partial charge in [0.05, 0.1) is 6.17 Å². The third-order valence-electron chi connectivity index (χ3n) is 3.87. The van der Waals surface area contributed by atoms with Crippen LogP contribution in [0.2, 0.25) is 0 Å². The summed E-state index contributed by atoms with van der Waals surface area (Å²) >= 11 is 0. The van der Waals surface area contributed by atoms with Crippen molar-refractivity contribution >= 4 is 6.21 Å². The highest BCUT2D eigenvalue weighted by molar-refractivity contribution is 5.59. The van der Waals surface area contributed by atoms with Gasteiger partial charge in [-0.05, 0) is 53.6 Å². The molecule has 0 saturated carbocycles. The smallest absolute Gasteiger partial charge is 0.156 e. The van der Waals surface area contributed by atoms with Crippen molar-refractivity contribution in [2.75, 3.05) is 40.8 Å². The molecule has 1 aliphatic heterocycles. The van der Waals surface area contributed by atoms with Crippen molar-refractivity contribution in [1.82, 2.24) is 20.4 Å². The topological polar surface area (TPSA) is 42.9 Å². The first-order valence-electron chi connectivity index (χ1n) is 7.51. The summed E-state index contributed by atoms with van der Waals surface area (Å²) in [5, 5.41) is 6.81. The average molecular weight is 269 g/mol. The van der Waals surface area contributed by atoms with Gasteiger partial charge in [0.2, 0.25) is 0 Å². The highest BCUT2D eigenvalue weighted by atomic mass is 15.4. The van der Waals surface area contributed by atoms with E-state index in [4.69, 9.17) is 0 Å².